The number of hydrogen-bond acceptors (Lipinski definition) is 7. The van der Waals surface area contributed by atoms with E-state index in [2.05, 4.69) is 20.4 Å². The zero-order valence-electron chi connectivity index (χ0n) is 13.9. The van der Waals surface area contributed by atoms with Gasteiger partial charge in [0, 0.05) is 18.3 Å². The minimum atomic E-state index is -0.498. The second-order valence-corrected chi connectivity index (χ2v) is 6.28. The van der Waals surface area contributed by atoms with Crippen LogP contribution in [0.5, 0.6) is 0 Å². The normalized spacial score (nSPS) is 20.3. The number of halogens is 1. The predicted octanol–water partition coefficient (Wildman–Crippen LogP) is 2.21. The highest BCUT2D eigenvalue weighted by atomic mass is 35.5. The third-order valence-corrected chi connectivity index (χ3v) is 4.20. The Bertz CT molecular complexity index is 743. The van der Waals surface area contributed by atoms with Crippen molar-refractivity contribution >= 4 is 23.4 Å². The Morgan fingerprint density at radius 2 is 2.16 bits per heavy atom. The Hall–Kier alpha value is -2.19. The molecule has 0 atom stereocenters. The third-order valence-electron chi connectivity index (χ3n) is 4.01. The van der Waals surface area contributed by atoms with Gasteiger partial charge < -0.3 is 15.2 Å². The van der Waals surface area contributed by atoms with Gasteiger partial charge in [-0.05, 0) is 38.7 Å². The number of ether oxygens (including phenoxy) is 1. The zero-order valence-corrected chi connectivity index (χ0v) is 14.6. The molecule has 0 amide bonds. The van der Waals surface area contributed by atoms with Crippen molar-refractivity contribution < 1.29 is 14.6 Å². The van der Waals surface area contributed by atoms with Crippen LogP contribution in [0.15, 0.2) is 18.3 Å². The summed E-state index contributed by atoms with van der Waals surface area (Å²) in [6.07, 6.45) is 4.64. The van der Waals surface area contributed by atoms with Gasteiger partial charge in [0.25, 0.3) is 5.95 Å². The fourth-order valence-corrected chi connectivity index (χ4v) is 2.94. The van der Waals surface area contributed by atoms with Crippen molar-refractivity contribution in [2.75, 3.05) is 11.9 Å². The number of aliphatic hydroxyl groups is 1. The molecule has 2 aromatic rings. The lowest BCUT2D eigenvalue weighted by Gasteiger charge is -2.26. The van der Waals surface area contributed by atoms with Crippen molar-refractivity contribution in [1.29, 1.82) is 0 Å². The van der Waals surface area contributed by atoms with Crippen molar-refractivity contribution in [1.82, 2.24) is 19.7 Å². The van der Waals surface area contributed by atoms with Crippen LogP contribution in [0.3, 0.4) is 0 Å². The molecule has 0 radical (unpaired) electrons. The first-order chi connectivity index (χ1) is 12.0. The van der Waals surface area contributed by atoms with Crippen LogP contribution >= 0.6 is 11.6 Å². The molecule has 2 aromatic heterocycles. The van der Waals surface area contributed by atoms with Crippen LogP contribution in [0.1, 0.15) is 43.1 Å². The third kappa shape index (κ3) is 4.46. The van der Waals surface area contributed by atoms with Gasteiger partial charge in [-0.1, -0.05) is 11.6 Å². The number of aromatic nitrogens is 4. The minimum Gasteiger partial charge on any atom is -0.461 e. The van der Waals surface area contributed by atoms with Crippen LogP contribution in [0.2, 0.25) is 5.15 Å². The molecule has 1 saturated carbocycles. The topological polar surface area (TPSA) is 102 Å². The molecule has 2 heterocycles. The molecule has 3 rings (SSSR count). The number of carbonyl (C=O) groups excluding carboxylic acids is 1. The number of rotatable bonds is 5. The molecule has 2 N–H and O–H groups in total. The van der Waals surface area contributed by atoms with Crippen molar-refractivity contribution in [2.24, 2.45) is 0 Å². The number of esters is 1. The molecule has 9 heteroatoms. The maximum Gasteiger partial charge on any atom is 0.358 e. The zero-order chi connectivity index (χ0) is 17.8. The molecule has 1 aliphatic rings. The molecule has 25 heavy (non-hydrogen) atoms. The lowest BCUT2D eigenvalue weighted by molar-refractivity contribution is 0.0519. The minimum absolute atomic E-state index is 0.182. The molecule has 0 bridgehead atoms. The second-order valence-electron chi connectivity index (χ2n) is 5.89. The van der Waals surface area contributed by atoms with Gasteiger partial charge in [0.1, 0.15) is 11.0 Å². The highest BCUT2D eigenvalue weighted by molar-refractivity contribution is 6.29. The quantitative estimate of drug-likeness (QED) is 0.618. The van der Waals surface area contributed by atoms with Gasteiger partial charge in [0.15, 0.2) is 5.69 Å². The van der Waals surface area contributed by atoms with Crippen LogP contribution in [0.4, 0.5) is 5.82 Å². The lowest BCUT2D eigenvalue weighted by Crippen LogP contribution is -2.28. The number of nitrogens with zero attached hydrogens (tertiary/aromatic N) is 4. The van der Waals surface area contributed by atoms with E-state index in [1.54, 1.807) is 19.2 Å². The van der Waals surface area contributed by atoms with Gasteiger partial charge in [-0.2, -0.15) is 15.1 Å². The summed E-state index contributed by atoms with van der Waals surface area (Å²) in [6, 6.07) is 3.42. The van der Waals surface area contributed by atoms with Crippen molar-refractivity contribution in [3.63, 3.8) is 0 Å². The van der Waals surface area contributed by atoms with Crippen LogP contribution in [-0.4, -0.2) is 49.6 Å². The molecule has 0 unspecified atom stereocenters. The number of aliphatic hydroxyl groups excluding tert-OH is 1. The molecule has 0 aromatic carbocycles. The maximum atomic E-state index is 11.7. The summed E-state index contributed by atoms with van der Waals surface area (Å²) in [4.78, 5) is 20.3. The Morgan fingerprint density at radius 1 is 1.40 bits per heavy atom. The van der Waals surface area contributed by atoms with Crippen LogP contribution < -0.4 is 5.32 Å². The number of carbonyl (C=O) groups is 1. The highest BCUT2D eigenvalue weighted by Gasteiger charge is 2.20. The summed E-state index contributed by atoms with van der Waals surface area (Å²) in [5, 5.41) is 17.3. The largest absolute Gasteiger partial charge is 0.461 e. The molecule has 134 valence electrons. The summed E-state index contributed by atoms with van der Waals surface area (Å²) in [7, 11) is 0. The van der Waals surface area contributed by atoms with E-state index in [1.807, 2.05) is 0 Å². The van der Waals surface area contributed by atoms with Gasteiger partial charge in [-0.25, -0.2) is 9.48 Å². The Labute approximate surface area is 150 Å². The number of anilines is 1. The van der Waals surface area contributed by atoms with Crippen molar-refractivity contribution in [2.45, 2.75) is 44.8 Å². The van der Waals surface area contributed by atoms with Gasteiger partial charge in [0.2, 0.25) is 0 Å². The lowest BCUT2D eigenvalue weighted by atomic mass is 9.93. The maximum absolute atomic E-state index is 11.7. The molecule has 8 nitrogen and oxygen atoms in total. The molecule has 1 fully saturated rings. The fraction of sp³-hybridized carbons (Fsp3) is 0.500. The van der Waals surface area contributed by atoms with E-state index in [4.69, 9.17) is 16.3 Å². The average Bonchev–Trinajstić information content (AvgIpc) is 3.07. The predicted molar refractivity (Wildman–Crippen MR) is 92.0 cm³/mol. The molecule has 0 aliphatic heterocycles. The summed E-state index contributed by atoms with van der Waals surface area (Å²) < 4.78 is 6.30. The molecule has 0 saturated heterocycles. The van der Waals surface area contributed by atoms with E-state index in [-0.39, 0.29) is 35.5 Å². The first kappa shape index (κ1) is 17.6. The van der Waals surface area contributed by atoms with Gasteiger partial charge in [-0.15, -0.1) is 0 Å². The second kappa shape index (κ2) is 7.79. The van der Waals surface area contributed by atoms with Crippen LogP contribution in [-0.2, 0) is 4.74 Å². The Kier molecular flexibility index (Phi) is 5.50. The van der Waals surface area contributed by atoms with Crippen molar-refractivity contribution in [3.05, 3.63) is 29.2 Å². The Balaban J connectivity index is 1.76. The summed E-state index contributed by atoms with van der Waals surface area (Å²) in [6.45, 7) is 2.01. The first-order valence-electron chi connectivity index (χ1n) is 8.27. The number of nitrogens with one attached hydrogen (secondary N) is 1. The molecular formula is C16H20ClN5O3. The molecule has 0 spiro atoms. The molecular weight excluding hydrogens is 346 g/mol. The smallest absolute Gasteiger partial charge is 0.358 e. The Morgan fingerprint density at radius 3 is 2.88 bits per heavy atom. The van der Waals surface area contributed by atoms with Crippen LogP contribution in [0.25, 0.3) is 5.95 Å². The van der Waals surface area contributed by atoms with Crippen molar-refractivity contribution in [3.8, 4) is 5.95 Å². The monoisotopic (exact) mass is 365 g/mol. The van der Waals surface area contributed by atoms with E-state index in [9.17, 15) is 9.90 Å². The summed E-state index contributed by atoms with van der Waals surface area (Å²) in [5.41, 5.74) is 0.182. The SMILES string of the molecule is CCOC(=O)c1ccn(-c2nc(Cl)cc(NC3CCC(O)CC3)n2)n1. The fourth-order valence-electron chi connectivity index (χ4n) is 2.76. The van der Waals surface area contributed by atoms with E-state index >= 15 is 0 Å². The van der Waals surface area contributed by atoms with E-state index in [1.165, 1.54) is 10.7 Å². The van der Waals surface area contributed by atoms with Crippen LogP contribution in [0, 0.1) is 0 Å². The highest BCUT2D eigenvalue weighted by Crippen LogP contribution is 2.23. The summed E-state index contributed by atoms with van der Waals surface area (Å²) >= 11 is 6.10. The average molecular weight is 366 g/mol. The van der Waals surface area contributed by atoms with Gasteiger partial charge in [-0.3, -0.25) is 0 Å². The van der Waals surface area contributed by atoms with Gasteiger partial charge in [0.05, 0.1) is 12.7 Å². The standard InChI is InChI=1S/C16H20ClN5O3/c1-2-25-15(24)12-7-8-22(21-12)16-19-13(17)9-14(20-16)18-10-3-5-11(23)6-4-10/h7-11,23H,2-6H2,1H3,(H,18,19,20). The van der Waals surface area contributed by atoms with Gasteiger partial charge >= 0.3 is 5.97 Å². The van der Waals surface area contributed by atoms with E-state index < -0.39 is 5.97 Å². The van der Waals surface area contributed by atoms with E-state index in [0.717, 1.165) is 25.7 Å². The molecule has 1 aliphatic carbocycles. The van der Waals surface area contributed by atoms with E-state index in [0.29, 0.717) is 5.82 Å². The number of hydrogen-bond donors (Lipinski definition) is 2. The summed E-state index contributed by atoms with van der Waals surface area (Å²) in [5.74, 6) is 0.355. The first-order valence-corrected chi connectivity index (χ1v) is 8.65.